The Labute approximate surface area is 98.1 Å². The van der Waals surface area contributed by atoms with Gasteiger partial charge in [0.1, 0.15) is 0 Å². The molecule has 0 atom stereocenters. The summed E-state index contributed by atoms with van der Waals surface area (Å²) in [7, 11) is 0. The number of hydrogen-bond donors (Lipinski definition) is 0. The molecule has 1 heterocycles. The number of thiazole rings is 1. The van der Waals surface area contributed by atoms with Gasteiger partial charge in [0.05, 0.1) is 26.9 Å². The molecule has 3 nitrogen and oxygen atoms in total. The zero-order valence-corrected chi connectivity index (χ0v) is 10.3. The van der Waals surface area contributed by atoms with E-state index in [1.165, 1.54) is 0 Å². The quantitative estimate of drug-likeness (QED) is 0.750. The third-order valence-electron chi connectivity index (χ3n) is 2.07. The molecule has 0 saturated carbocycles. The van der Waals surface area contributed by atoms with E-state index >= 15 is 0 Å². The van der Waals surface area contributed by atoms with Crippen molar-refractivity contribution >= 4 is 27.5 Å². The van der Waals surface area contributed by atoms with Gasteiger partial charge in [-0.3, -0.25) is 0 Å². The summed E-state index contributed by atoms with van der Waals surface area (Å²) in [5.74, 6) is -0.275. The minimum atomic E-state index is -0.275. The third-order valence-corrected chi connectivity index (χ3v) is 3.01. The standard InChI is InChI=1S/C12H13NO2S/c1-7(2)15-12(14)9-4-5-10-11(6-9)16-8(3)13-10/h4-7H,1-3H3. The molecule has 0 bridgehead atoms. The fourth-order valence-electron chi connectivity index (χ4n) is 1.45. The van der Waals surface area contributed by atoms with E-state index in [2.05, 4.69) is 4.98 Å². The van der Waals surface area contributed by atoms with Crippen LogP contribution in [-0.2, 0) is 4.74 Å². The lowest BCUT2D eigenvalue weighted by Gasteiger charge is -2.07. The van der Waals surface area contributed by atoms with Crippen molar-refractivity contribution in [3.63, 3.8) is 0 Å². The summed E-state index contributed by atoms with van der Waals surface area (Å²) in [5.41, 5.74) is 1.52. The Hall–Kier alpha value is -1.42. The van der Waals surface area contributed by atoms with Crippen molar-refractivity contribution < 1.29 is 9.53 Å². The van der Waals surface area contributed by atoms with Crippen molar-refractivity contribution in [1.29, 1.82) is 0 Å². The zero-order valence-electron chi connectivity index (χ0n) is 9.48. The first-order valence-corrected chi connectivity index (χ1v) is 5.96. The molecule has 0 fully saturated rings. The SMILES string of the molecule is Cc1nc2ccc(C(=O)OC(C)C)cc2s1. The van der Waals surface area contributed by atoms with Gasteiger partial charge in [0, 0.05) is 0 Å². The van der Waals surface area contributed by atoms with E-state index in [-0.39, 0.29) is 12.1 Å². The maximum Gasteiger partial charge on any atom is 0.338 e. The second-order valence-corrected chi connectivity index (χ2v) is 5.10. The highest BCUT2D eigenvalue weighted by molar-refractivity contribution is 7.18. The van der Waals surface area contributed by atoms with Crippen molar-refractivity contribution in [2.45, 2.75) is 26.9 Å². The van der Waals surface area contributed by atoms with Crippen LogP contribution < -0.4 is 0 Å². The average molecular weight is 235 g/mol. The van der Waals surface area contributed by atoms with E-state index in [4.69, 9.17) is 4.74 Å². The number of rotatable bonds is 2. The van der Waals surface area contributed by atoms with Crippen LogP contribution >= 0.6 is 11.3 Å². The predicted molar refractivity (Wildman–Crippen MR) is 64.9 cm³/mol. The number of carbonyl (C=O) groups is 1. The van der Waals surface area contributed by atoms with Crippen LogP contribution in [0.4, 0.5) is 0 Å². The van der Waals surface area contributed by atoms with Crippen LogP contribution in [0.1, 0.15) is 29.2 Å². The Morgan fingerprint density at radius 3 is 2.88 bits per heavy atom. The zero-order chi connectivity index (χ0) is 11.7. The molecule has 0 N–H and O–H groups in total. The summed E-state index contributed by atoms with van der Waals surface area (Å²) in [6.07, 6.45) is -0.0913. The number of fused-ring (bicyclic) bond motifs is 1. The molecule has 0 radical (unpaired) electrons. The number of benzene rings is 1. The lowest BCUT2D eigenvalue weighted by Crippen LogP contribution is -2.11. The van der Waals surface area contributed by atoms with Gasteiger partial charge >= 0.3 is 5.97 Å². The molecule has 0 spiro atoms. The summed E-state index contributed by atoms with van der Waals surface area (Å²) in [5, 5.41) is 1.00. The van der Waals surface area contributed by atoms with Gasteiger partial charge in [0.15, 0.2) is 0 Å². The lowest BCUT2D eigenvalue weighted by molar-refractivity contribution is 0.0378. The van der Waals surface area contributed by atoms with Crippen molar-refractivity contribution in [3.05, 3.63) is 28.8 Å². The van der Waals surface area contributed by atoms with Gasteiger partial charge in [0.25, 0.3) is 0 Å². The van der Waals surface area contributed by atoms with Crippen LogP contribution in [0.3, 0.4) is 0 Å². The maximum atomic E-state index is 11.7. The van der Waals surface area contributed by atoms with Crippen LogP contribution in [0.2, 0.25) is 0 Å². The van der Waals surface area contributed by atoms with Crippen LogP contribution in [0.25, 0.3) is 10.2 Å². The summed E-state index contributed by atoms with van der Waals surface area (Å²) in [6, 6.07) is 5.45. The van der Waals surface area contributed by atoms with Crippen molar-refractivity contribution in [2.75, 3.05) is 0 Å². The van der Waals surface area contributed by atoms with Crippen LogP contribution in [0.15, 0.2) is 18.2 Å². The normalized spacial score (nSPS) is 11.0. The lowest BCUT2D eigenvalue weighted by atomic mass is 10.2. The fraction of sp³-hybridized carbons (Fsp3) is 0.333. The first-order valence-electron chi connectivity index (χ1n) is 5.14. The van der Waals surface area contributed by atoms with E-state index in [1.807, 2.05) is 32.9 Å². The molecule has 0 aliphatic rings. The first kappa shape index (κ1) is 11.1. The molecule has 0 aliphatic carbocycles. The third kappa shape index (κ3) is 2.22. The highest BCUT2D eigenvalue weighted by Crippen LogP contribution is 2.23. The molecule has 1 aromatic carbocycles. The van der Waals surface area contributed by atoms with Gasteiger partial charge < -0.3 is 4.74 Å². The molecular formula is C12H13NO2S. The van der Waals surface area contributed by atoms with E-state index in [0.717, 1.165) is 15.2 Å². The predicted octanol–water partition coefficient (Wildman–Crippen LogP) is 3.17. The highest BCUT2D eigenvalue weighted by Gasteiger charge is 2.10. The minimum absolute atomic E-state index is 0.0913. The molecule has 16 heavy (non-hydrogen) atoms. The van der Waals surface area contributed by atoms with E-state index < -0.39 is 0 Å². The second-order valence-electron chi connectivity index (χ2n) is 3.87. The maximum absolute atomic E-state index is 11.7. The van der Waals surface area contributed by atoms with E-state index in [9.17, 15) is 4.79 Å². The van der Waals surface area contributed by atoms with Gasteiger partial charge in [-0.05, 0) is 39.0 Å². The van der Waals surface area contributed by atoms with Crippen molar-refractivity contribution in [2.24, 2.45) is 0 Å². The molecule has 84 valence electrons. The van der Waals surface area contributed by atoms with Crippen LogP contribution in [0, 0.1) is 6.92 Å². The number of esters is 1. The molecule has 0 amide bonds. The Kier molecular flexibility index (Phi) is 2.92. The van der Waals surface area contributed by atoms with Gasteiger partial charge in [-0.1, -0.05) is 0 Å². The Balaban J connectivity index is 2.35. The molecule has 0 unspecified atom stereocenters. The molecule has 4 heteroatoms. The van der Waals surface area contributed by atoms with Gasteiger partial charge in [-0.15, -0.1) is 11.3 Å². The molecule has 2 aromatic rings. The number of nitrogens with zero attached hydrogens (tertiary/aromatic N) is 1. The minimum Gasteiger partial charge on any atom is -0.459 e. The summed E-state index contributed by atoms with van der Waals surface area (Å²) < 4.78 is 6.16. The number of ether oxygens (including phenoxy) is 1. The Morgan fingerprint density at radius 1 is 1.44 bits per heavy atom. The highest BCUT2D eigenvalue weighted by atomic mass is 32.1. The van der Waals surface area contributed by atoms with Crippen LogP contribution in [-0.4, -0.2) is 17.1 Å². The smallest absolute Gasteiger partial charge is 0.338 e. The van der Waals surface area contributed by atoms with E-state index in [1.54, 1.807) is 17.4 Å². The number of aryl methyl sites for hydroxylation is 1. The van der Waals surface area contributed by atoms with Gasteiger partial charge in [-0.2, -0.15) is 0 Å². The monoisotopic (exact) mass is 235 g/mol. The number of carbonyl (C=O) groups excluding carboxylic acids is 1. The largest absolute Gasteiger partial charge is 0.459 e. The van der Waals surface area contributed by atoms with Crippen molar-refractivity contribution in [3.8, 4) is 0 Å². The number of hydrogen-bond acceptors (Lipinski definition) is 4. The first-order chi connectivity index (χ1) is 7.56. The summed E-state index contributed by atoms with van der Waals surface area (Å²) in [6.45, 7) is 5.64. The average Bonchev–Trinajstić information content (AvgIpc) is 2.55. The number of aromatic nitrogens is 1. The Bertz CT molecular complexity index is 531. The molecule has 2 rings (SSSR count). The fourth-order valence-corrected chi connectivity index (χ4v) is 2.32. The molecular weight excluding hydrogens is 222 g/mol. The topological polar surface area (TPSA) is 39.2 Å². The summed E-state index contributed by atoms with van der Waals surface area (Å²) >= 11 is 1.58. The van der Waals surface area contributed by atoms with Crippen molar-refractivity contribution in [1.82, 2.24) is 4.98 Å². The van der Waals surface area contributed by atoms with Gasteiger partial charge in [-0.25, -0.2) is 9.78 Å². The van der Waals surface area contributed by atoms with Gasteiger partial charge in [0.2, 0.25) is 0 Å². The molecule has 0 aliphatic heterocycles. The summed E-state index contributed by atoms with van der Waals surface area (Å²) in [4.78, 5) is 16.0. The van der Waals surface area contributed by atoms with E-state index in [0.29, 0.717) is 5.56 Å². The second kappa shape index (κ2) is 4.22. The van der Waals surface area contributed by atoms with Crippen LogP contribution in [0.5, 0.6) is 0 Å². The molecule has 1 aromatic heterocycles. The molecule has 0 saturated heterocycles. The Morgan fingerprint density at radius 2 is 2.19 bits per heavy atom.